The molecule has 6 nitrogen and oxygen atoms in total. The highest BCUT2D eigenvalue weighted by Gasteiger charge is 2.17. The van der Waals surface area contributed by atoms with Crippen LogP contribution in [0.1, 0.15) is 19.8 Å². The number of ether oxygens (including phenoxy) is 1. The lowest BCUT2D eigenvalue weighted by Gasteiger charge is -2.16. The number of hydrogen-bond acceptors (Lipinski definition) is 3. The van der Waals surface area contributed by atoms with Crippen LogP contribution in [0.3, 0.4) is 0 Å². The van der Waals surface area contributed by atoms with E-state index in [4.69, 9.17) is 11.5 Å². The fourth-order valence-corrected chi connectivity index (χ4v) is 1.13. The summed E-state index contributed by atoms with van der Waals surface area (Å²) in [4.78, 5) is 22.0. The van der Waals surface area contributed by atoms with Crippen molar-refractivity contribution in [3.63, 3.8) is 0 Å². The van der Waals surface area contributed by atoms with Crippen molar-refractivity contribution in [1.29, 1.82) is 0 Å². The Morgan fingerprint density at radius 2 is 2.18 bits per heavy atom. The largest absolute Gasteiger partial charge is 0.479 e. The Hall–Kier alpha value is -1.74. The maximum absolute atomic E-state index is 11.4. The summed E-state index contributed by atoms with van der Waals surface area (Å²) in [6, 6.07) is -0.554. The molecular formula is C11H18N2O4. The van der Waals surface area contributed by atoms with E-state index in [1.165, 1.54) is 7.11 Å². The number of urea groups is 1. The molecule has 0 saturated carbocycles. The SMILES string of the molecule is C#CCC(CC)NC(=O)NCC(OC)C(=O)O. The van der Waals surface area contributed by atoms with Gasteiger partial charge in [-0.3, -0.25) is 0 Å². The lowest BCUT2D eigenvalue weighted by Crippen LogP contribution is -2.46. The lowest BCUT2D eigenvalue weighted by molar-refractivity contribution is -0.147. The number of carbonyl (C=O) groups is 2. The van der Waals surface area contributed by atoms with Crippen molar-refractivity contribution in [2.75, 3.05) is 13.7 Å². The van der Waals surface area contributed by atoms with E-state index in [1.54, 1.807) is 0 Å². The lowest BCUT2D eigenvalue weighted by atomic mass is 10.2. The van der Waals surface area contributed by atoms with Gasteiger partial charge in [0.2, 0.25) is 0 Å². The number of rotatable bonds is 7. The average molecular weight is 242 g/mol. The van der Waals surface area contributed by atoms with Crippen molar-refractivity contribution in [2.24, 2.45) is 0 Å². The first-order valence-corrected chi connectivity index (χ1v) is 5.28. The molecule has 0 aromatic carbocycles. The summed E-state index contributed by atoms with van der Waals surface area (Å²) >= 11 is 0. The minimum Gasteiger partial charge on any atom is -0.479 e. The first-order valence-electron chi connectivity index (χ1n) is 5.28. The normalized spacial score (nSPS) is 13.2. The van der Waals surface area contributed by atoms with Crippen LogP contribution in [0.4, 0.5) is 4.79 Å². The number of carbonyl (C=O) groups excluding carboxylic acids is 1. The van der Waals surface area contributed by atoms with Crippen LogP contribution in [0.2, 0.25) is 0 Å². The summed E-state index contributed by atoms with van der Waals surface area (Å²) < 4.78 is 4.67. The van der Waals surface area contributed by atoms with E-state index >= 15 is 0 Å². The topological polar surface area (TPSA) is 87.7 Å². The van der Waals surface area contributed by atoms with E-state index in [2.05, 4.69) is 21.3 Å². The second kappa shape index (κ2) is 8.42. The highest BCUT2D eigenvalue weighted by Crippen LogP contribution is 1.95. The molecule has 2 atom stereocenters. The van der Waals surface area contributed by atoms with Gasteiger partial charge in [0.25, 0.3) is 0 Å². The zero-order chi connectivity index (χ0) is 13.3. The van der Waals surface area contributed by atoms with Gasteiger partial charge in [-0.2, -0.15) is 0 Å². The molecule has 17 heavy (non-hydrogen) atoms. The first-order chi connectivity index (χ1) is 8.04. The third kappa shape index (κ3) is 6.43. The zero-order valence-corrected chi connectivity index (χ0v) is 10.0. The molecular weight excluding hydrogens is 224 g/mol. The molecule has 96 valence electrons. The minimum absolute atomic E-state index is 0.0931. The number of nitrogens with one attached hydrogen (secondary N) is 2. The van der Waals surface area contributed by atoms with E-state index in [-0.39, 0.29) is 12.6 Å². The van der Waals surface area contributed by atoms with Gasteiger partial charge >= 0.3 is 12.0 Å². The maximum atomic E-state index is 11.4. The first kappa shape index (κ1) is 15.3. The summed E-state index contributed by atoms with van der Waals surface area (Å²) in [6.45, 7) is 1.81. The Labute approximate surface area is 101 Å². The second-order valence-corrected chi connectivity index (χ2v) is 3.43. The van der Waals surface area contributed by atoms with Crippen LogP contribution in [-0.2, 0) is 9.53 Å². The standard InChI is InChI=1S/C11H18N2O4/c1-4-6-8(5-2)13-11(16)12-7-9(17-3)10(14)15/h1,8-9H,5-7H2,2-3H3,(H,14,15)(H2,12,13,16). The van der Waals surface area contributed by atoms with Crippen LogP contribution in [0, 0.1) is 12.3 Å². The minimum atomic E-state index is -1.12. The number of terminal acetylenes is 1. The van der Waals surface area contributed by atoms with Crippen LogP contribution in [0.25, 0.3) is 0 Å². The number of hydrogen-bond donors (Lipinski definition) is 3. The molecule has 0 fully saturated rings. The summed E-state index contributed by atoms with van der Waals surface area (Å²) in [7, 11) is 1.27. The highest BCUT2D eigenvalue weighted by atomic mass is 16.5. The molecule has 0 aliphatic heterocycles. The predicted octanol–water partition coefficient (Wildman–Crippen LogP) is 0.187. The van der Waals surface area contributed by atoms with Gasteiger partial charge in [-0.1, -0.05) is 6.92 Å². The number of carboxylic acid groups (broad SMARTS) is 1. The van der Waals surface area contributed by atoms with Gasteiger partial charge in [0, 0.05) is 19.6 Å². The van der Waals surface area contributed by atoms with Crippen molar-refractivity contribution in [1.82, 2.24) is 10.6 Å². The summed E-state index contributed by atoms with van der Waals surface area (Å²) in [6.07, 6.45) is 5.25. The van der Waals surface area contributed by atoms with Gasteiger partial charge in [0.1, 0.15) is 0 Å². The van der Waals surface area contributed by atoms with Crippen molar-refractivity contribution in [3.05, 3.63) is 0 Å². The molecule has 0 aliphatic rings. The number of methoxy groups -OCH3 is 1. The van der Waals surface area contributed by atoms with E-state index in [0.29, 0.717) is 12.8 Å². The fraction of sp³-hybridized carbons (Fsp3) is 0.636. The number of aliphatic carboxylic acids is 1. The molecule has 0 spiro atoms. The van der Waals surface area contributed by atoms with Gasteiger partial charge < -0.3 is 20.5 Å². The van der Waals surface area contributed by atoms with Gasteiger partial charge in [-0.05, 0) is 6.42 Å². The molecule has 0 aliphatic carbocycles. The second-order valence-electron chi connectivity index (χ2n) is 3.43. The van der Waals surface area contributed by atoms with Gasteiger partial charge in [-0.15, -0.1) is 12.3 Å². The van der Waals surface area contributed by atoms with Crippen LogP contribution < -0.4 is 10.6 Å². The maximum Gasteiger partial charge on any atom is 0.334 e. The molecule has 3 N–H and O–H groups in total. The molecule has 0 bridgehead atoms. The Bertz CT molecular complexity index is 298. The van der Waals surface area contributed by atoms with E-state index < -0.39 is 18.1 Å². The molecule has 0 radical (unpaired) electrons. The van der Waals surface area contributed by atoms with Gasteiger partial charge in [-0.25, -0.2) is 9.59 Å². The Morgan fingerprint density at radius 1 is 1.53 bits per heavy atom. The smallest absolute Gasteiger partial charge is 0.334 e. The Balaban J connectivity index is 4.01. The average Bonchev–Trinajstić information content (AvgIpc) is 2.28. The van der Waals surface area contributed by atoms with Crippen molar-refractivity contribution in [3.8, 4) is 12.3 Å². The van der Waals surface area contributed by atoms with Crippen molar-refractivity contribution in [2.45, 2.75) is 31.9 Å². The summed E-state index contributed by atoms with van der Waals surface area (Å²) in [5.74, 6) is 1.34. The monoisotopic (exact) mass is 242 g/mol. The van der Waals surface area contributed by atoms with Gasteiger partial charge in [0.05, 0.1) is 6.54 Å². The molecule has 2 amide bonds. The Kier molecular flexibility index (Phi) is 7.55. The molecule has 0 aromatic heterocycles. The quantitative estimate of drug-likeness (QED) is 0.556. The van der Waals surface area contributed by atoms with E-state index in [1.807, 2.05) is 6.92 Å². The van der Waals surface area contributed by atoms with Crippen LogP contribution >= 0.6 is 0 Å². The molecule has 0 heterocycles. The zero-order valence-electron chi connectivity index (χ0n) is 10.0. The number of carboxylic acids is 1. The van der Waals surface area contributed by atoms with Crippen molar-refractivity contribution >= 4 is 12.0 Å². The van der Waals surface area contributed by atoms with Gasteiger partial charge in [0.15, 0.2) is 6.10 Å². The molecule has 0 saturated heterocycles. The van der Waals surface area contributed by atoms with Crippen LogP contribution in [0.5, 0.6) is 0 Å². The Morgan fingerprint density at radius 3 is 2.59 bits per heavy atom. The van der Waals surface area contributed by atoms with Crippen molar-refractivity contribution < 1.29 is 19.4 Å². The predicted molar refractivity (Wildman–Crippen MR) is 62.5 cm³/mol. The third-order valence-electron chi connectivity index (χ3n) is 2.20. The molecule has 0 rings (SSSR count). The fourth-order valence-electron chi connectivity index (χ4n) is 1.13. The summed E-state index contributed by atoms with van der Waals surface area (Å²) in [5.41, 5.74) is 0. The van der Waals surface area contributed by atoms with E-state index in [9.17, 15) is 9.59 Å². The molecule has 2 unspecified atom stereocenters. The van der Waals surface area contributed by atoms with E-state index in [0.717, 1.165) is 0 Å². The molecule has 6 heteroatoms. The number of amides is 2. The third-order valence-corrected chi connectivity index (χ3v) is 2.20. The summed E-state index contributed by atoms with van der Waals surface area (Å²) in [5, 5.41) is 13.7. The highest BCUT2D eigenvalue weighted by molar-refractivity contribution is 5.77. The van der Waals surface area contributed by atoms with Crippen LogP contribution in [-0.4, -0.2) is 42.9 Å². The molecule has 0 aromatic rings. The van der Waals surface area contributed by atoms with Crippen LogP contribution in [0.15, 0.2) is 0 Å².